The van der Waals surface area contributed by atoms with Gasteiger partial charge < -0.3 is 15.4 Å². The van der Waals surface area contributed by atoms with E-state index < -0.39 is 17.7 Å². The van der Waals surface area contributed by atoms with E-state index in [0.29, 0.717) is 19.6 Å². The van der Waals surface area contributed by atoms with Crippen LogP contribution in [0.15, 0.2) is 0 Å². The topological polar surface area (TPSA) is 38.5 Å². The monoisotopic (exact) mass is 308 g/mol. The number of nitrogens with zero attached hydrogens (tertiary/aromatic N) is 1. The molecular formula is C15H27F3N2O. The summed E-state index contributed by atoms with van der Waals surface area (Å²) in [6.45, 7) is 9.70. The zero-order valence-corrected chi connectivity index (χ0v) is 13.3. The maximum Gasteiger partial charge on any atom is 0.391 e. The van der Waals surface area contributed by atoms with E-state index in [-0.39, 0.29) is 30.4 Å². The molecule has 0 aromatic heterocycles. The highest BCUT2D eigenvalue weighted by atomic mass is 19.4. The minimum atomic E-state index is -4.06. The summed E-state index contributed by atoms with van der Waals surface area (Å²) in [5.74, 6) is -1.01. The smallest absolute Gasteiger partial charge is 0.368 e. The van der Waals surface area contributed by atoms with Gasteiger partial charge in [0.1, 0.15) is 0 Å². The zero-order valence-electron chi connectivity index (χ0n) is 13.3. The first kappa shape index (κ1) is 17.0. The van der Waals surface area contributed by atoms with E-state index in [1.165, 1.54) is 0 Å². The molecule has 3 nitrogen and oxygen atoms in total. The highest BCUT2D eigenvalue weighted by molar-refractivity contribution is 5.04. The molecule has 0 bridgehead atoms. The third-order valence-electron chi connectivity index (χ3n) is 5.16. The van der Waals surface area contributed by atoms with Crippen LogP contribution in [0.5, 0.6) is 0 Å². The van der Waals surface area contributed by atoms with Gasteiger partial charge in [0.15, 0.2) is 0 Å². The van der Waals surface area contributed by atoms with Gasteiger partial charge in [0.2, 0.25) is 0 Å². The summed E-state index contributed by atoms with van der Waals surface area (Å²) in [5, 5.41) is 0. The molecule has 0 saturated carbocycles. The Bertz CT molecular complexity index is 374. The van der Waals surface area contributed by atoms with E-state index >= 15 is 0 Å². The molecule has 124 valence electrons. The highest BCUT2D eigenvalue weighted by Crippen LogP contribution is 2.42. The van der Waals surface area contributed by atoms with Crippen molar-refractivity contribution in [2.75, 3.05) is 19.6 Å². The molecule has 0 amide bonds. The molecule has 0 aromatic carbocycles. The SMILES string of the molecule is CC1(C)OC(C)(C)C(CN2CCC(C(F)(F)F)CC2)C1N. The summed E-state index contributed by atoms with van der Waals surface area (Å²) in [6.07, 6.45) is -3.67. The van der Waals surface area contributed by atoms with Crippen molar-refractivity contribution in [3.63, 3.8) is 0 Å². The van der Waals surface area contributed by atoms with E-state index in [9.17, 15) is 13.2 Å². The second-order valence-electron chi connectivity index (χ2n) is 7.56. The van der Waals surface area contributed by atoms with E-state index in [0.717, 1.165) is 0 Å². The van der Waals surface area contributed by atoms with Crippen LogP contribution in [0.25, 0.3) is 0 Å². The highest BCUT2D eigenvalue weighted by Gasteiger charge is 2.52. The van der Waals surface area contributed by atoms with Gasteiger partial charge in [-0.2, -0.15) is 13.2 Å². The van der Waals surface area contributed by atoms with Crippen molar-refractivity contribution in [1.29, 1.82) is 0 Å². The number of hydrogen-bond acceptors (Lipinski definition) is 3. The maximum absolute atomic E-state index is 12.7. The Morgan fingerprint density at radius 1 is 1.10 bits per heavy atom. The van der Waals surface area contributed by atoms with Crippen LogP contribution in [-0.2, 0) is 4.74 Å². The van der Waals surface area contributed by atoms with Gasteiger partial charge in [0.05, 0.1) is 17.1 Å². The fourth-order valence-corrected chi connectivity index (χ4v) is 3.79. The molecule has 2 rings (SSSR count). The number of piperidine rings is 1. The molecule has 2 fully saturated rings. The third kappa shape index (κ3) is 3.54. The minimum absolute atomic E-state index is 0.104. The largest absolute Gasteiger partial charge is 0.391 e. The molecule has 2 unspecified atom stereocenters. The quantitative estimate of drug-likeness (QED) is 0.852. The van der Waals surface area contributed by atoms with Crippen LogP contribution in [-0.4, -0.2) is 48.0 Å². The lowest BCUT2D eigenvalue weighted by Crippen LogP contribution is -2.50. The Balaban J connectivity index is 1.94. The molecule has 21 heavy (non-hydrogen) atoms. The van der Waals surface area contributed by atoms with Crippen molar-refractivity contribution in [3.8, 4) is 0 Å². The molecular weight excluding hydrogens is 281 g/mol. The standard InChI is InChI=1S/C15H27F3N2O/c1-13(2)11(12(19)14(3,4)21-13)9-20-7-5-10(6-8-20)15(16,17)18/h10-12H,5-9,19H2,1-4H3. The van der Waals surface area contributed by atoms with Crippen molar-refractivity contribution < 1.29 is 17.9 Å². The third-order valence-corrected chi connectivity index (χ3v) is 5.16. The average Bonchev–Trinajstić information content (AvgIpc) is 2.47. The lowest BCUT2D eigenvalue weighted by atomic mass is 9.82. The van der Waals surface area contributed by atoms with Gasteiger partial charge in [0, 0.05) is 18.5 Å². The van der Waals surface area contributed by atoms with Crippen LogP contribution >= 0.6 is 0 Å². The molecule has 2 aliphatic rings. The molecule has 0 aromatic rings. The second kappa shape index (κ2) is 5.39. The van der Waals surface area contributed by atoms with Gasteiger partial charge >= 0.3 is 6.18 Å². The van der Waals surface area contributed by atoms with Crippen LogP contribution in [0.1, 0.15) is 40.5 Å². The van der Waals surface area contributed by atoms with Crippen molar-refractivity contribution in [2.24, 2.45) is 17.6 Å². The summed E-state index contributed by atoms with van der Waals surface area (Å²) in [6, 6.07) is -0.104. The van der Waals surface area contributed by atoms with Gasteiger partial charge in [-0.05, 0) is 53.6 Å². The van der Waals surface area contributed by atoms with E-state index in [1.807, 2.05) is 27.7 Å². The number of alkyl halides is 3. The maximum atomic E-state index is 12.7. The Morgan fingerprint density at radius 3 is 2.00 bits per heavy atom. The van der Waals surface area contributed by atoms with Crippen molar-refractivity contribution in [3.05, 3.63) is 0 Å². The Morgan fingerprint density at radius 2 is 1.62 bits per heavy atom. The van der Waals surface area contributed by atoms with E-state index in [4.69, 9.17) is 10.5 Å². The van der Waals surface area contributed by atoms with Crippen LogP contribution in [0.4, 0.5) is 13.2 Å². The number of hydrogen-bond donors (Lipinski definition) is 1. The van der Waals surface area contributed by atoms with Gasteiger partial charge in [-0.1, -0.05) is 0 Å². The molecule has 2 N–H and O–H groups in total. The summed E-state index contributed by atoms with van der Waals surface area (Å²) < 4.78 is 44.2. The first-order chi connectivity index (χ1) is 9.43. The van der Waals surface area contributed by atoms with Crippen molar-refractivity contribution in [1.82, 2.24) is 4.90 Å². The minimum Gasteiger partial charge on any atom is -0.368 e. The predicted octanol–water partition coefficient (Wildman–Crippen LogP) is 2.79. The van der Waals surface area contributed by atoms with Gasteiger partial charge in [0.25, 0.3) is 0 Å². The first-order valence-electron chi connectivity index (χ1n) is 7.68. The molecule has 0 aliphatic carbocycles. The lowest BCUT2D eigenvalue weighted by molar-refractivity contribution is -0.185. The summed E-state index contributed by atoms with van der Waals surface area (Å²) >= 11 is 0. The Hall–Kier alpha value is -0.330. The summed E-state index contributed by atoms with van der Waals surface area (Å²) in [7, 11) is 0. The predicted molar refractivity (Wildman–Crippen MR) is 75.9 cm³/mol. The first-order valence-corrected chi connectivity index (χ1v) is 7.68. The number of nitrogens with two attached hydrogens (primary N) is 1. The van der Waals surface area contributed by atoms with Crippen LogP contribution in [0.2, 0.25) is 0 Å². The lowest BCUT2D eigenvalue weighted by Gasteiger charge is -2.37. The van der Waals surface area contributed by atoms with Crippen molar-refractivity contribution in [2.45, 2.75) is 64.0 Å². The fraction of sp³-hybridized carbons (Fsp3) is 1.00. The molecule has 0 spiro atoms. The number of halogens is 3. The van der Waals surface area contributed by atoms with Gasteiger partial charge in [-0.3, -0.25) is 0 Å². The van der Waals surface area contributed by atoms with Gasteiger partial charge in [-0.15, -0.1) is 0 Å². The van der Waals surface area contributed by atoms with Crippen LogP contribution in [0.3, 0.4) is 0 Å². The molecule has 2 atom stereocenters. The molecule has 2 heterocycles. The second-order valence-corrected chi connectivity index (χ2v) is 7.56. The van der Waals surface area contributed by atoms with E-state index in [2.05, 4.69) is 4.90 Å². The fourth-order valence-electron chi connectivity index (χ4n) is 3.79. The molecule has 2 saturated heterocycles. The van der Waals surface area contributed by atoms with Gasteiger partial charge in [-0.25, -0.2) is 0 Å². The van der Waals surface area contributed by atoms with E-state index in [1.54, 1.807) is 0 Å². The zero-order chi connectivity index (χ0) is 16.1. The van der Waals surface area contributed by atoms with Crippen molar-refractivity contribution >= 4 is 0 Å². The number of likely N-dealkylation sites (tertiary alicyclic amines) is 1. The number of rotatable bonds is 2. The normalized spacial score (nSPS) is 34.3. The number of ether oxygens (including phenoxy) is 1. The van der Waals surface area contributed by atoms with Crippen LogP contribution in [0, 0.1) is 11.8 Å². The Labute approximate surface area is 125 Å². The summed E-state index contributed by atoms with van der Waals surface area (Å²) in [5.41, 5.74) is 5.58. The van der Waals surface area contributed by atoms with Crippen LogP contribution < -0.4 is 5.73 Å². The molecule has 0 radical (unpaired) electrons. The Kier molecular flexibility index (Phi) is 4.37. The molecule has 6 heteroatoms. The average molecular weight is 308 g/mol. The molecule has 2 aliphatic heterocycles. The summed E-state index contributed by atoms with van der Waals surface area (Å²) in [4.78, 5) is 2.11.